The van der Waals surface area contributed by atoms with Gasteiger partial charge in [-0.05, 0) is 24.6 Å². The maximum atomic E-state index is 8.92. The molecule has 1 aromatic carbocycles. The maximum Gasteiger partial charge on any atom is 0.211 e. The molecular weight excluding hydrogens is 128 g/mol. The number of aliphatic hydroxyl groups is 1. The van der Waals surface area contributed by atoms with Crippen molar-refractivity contribution in [2.75, 3.05) is 0 Å². The largest absolute Gasteiger partial charge is 0.508 e. The van der Waals surface area contributed by atoms with E-state index in [1.54, 1.807) is 31.2 Å². The minimum absolute atomic E-state index is 0.228. The lowest BCUT2D eigenvalue weighted by molar-refractivity contribution is 0.199. The number of rotatable bonds is 2. The maximum absolute atomic E-state index is 8.92. The lowest BCUT2D eigenvalue weighted by atomic mass is 10.1. The van der Waals surface area contributed by atoms with Gasteiger partial charge >= 0.3 is 0 Å². The van der Waals surface area contributed by atoms with Crippen LogP contribution < -0.4 is 0 Å². The molecular formula is C8H10O2. The molecule has 1 unspecified atom stereocenters. The zero-order valence-corrected chi connectivity index (χ0v) is 5.74. The molecule has 2 N–H and O–H groups in total. The van der Waals surface area contributed by atoms with Gasteiger partial charge in [0.2, 0.25) is 1.43 Å². The molecule has 0 spiro atoms. The van der Waals surface area contributed by atoms with E-state index in [9.17, 15) is 0 Å². The number of phenols is 1. The van der Waals surface area contributed by atoms with Crippen LogP contribution in [0.2, 0.25) is 0 Å². The Labute approximate surface area is 61.2 Å². The van der Waals surface area contributed by atoms with Crippen LogP contribution in [0.25, 0.3) is 0 Å². The number of phenolic OH excluding ortho intramolecular Hbond substituents is 1. The number of benzene rings is 1. The Morgan fingerprint density at radius 2 is 2.00 bits per heavy atom. The summed E-state index contributed by atoms with van der Waals surface area (Å²) < 4.78 is 6.64. The fourth-order valence-corrected chi connectivity index (χ4v) is 0.745. The van der Waals surface area contributed by atoms with Crippen molar-refractivity contribution in [3.05, 3.63) is 29.8 Å². The zero-order chi connectivity index (χ0) is 8.27. The predicted molar refractivity (Wildman–Crippen MR) is 38.7 cm³/mol. The van der Waals surface area contributed by atoms with Crippen LogP contribution in [-0.2, 0) is 0 Å². The van der Waals surface area contributed by atoms with Crippen molar-refractivity contribution in [3.8, 4) is 5.75 Å². The summed E-state index contributed by atoms with van der Waals surface area (Å²) in [5, 5.41) is 13.3. The van der Waals surface area contributed by atoms with Crippen LogP contribution in [-0.4, -0.2) is 11.6 Å². The molecule has 2 heteroatoms. The normalized spacial score (nSPS) is 14.3. The second kappa shape index (κ2) is 2.71. The van der Waals surface area contributed by atoms with Crippen LogP contribution in [0.1, 0.15) is 18.6 Å². The summed E-state index contributed by atoms with van der Waals surface area (Å²) in [6.07, 6.45) is -0.240. The summed E-state index contributed by atoms with van der Waals surface area (Å²) in [6, 6.07) is 6.61. The fraction of sp³-hybridized carbons (Fsp3) is 0.250. The van der Waals surface area contributed by atoms with Gasteiger partial charge in [0, 0.05) is 0 Å². The third kappa shape index (κ3) is 1.48. The van der Waals surface area contributed by atoms with Crippen LogP contribution in [0.15, 0.2) is 24.3 Å². The number of aliphatic hydroxyl groups excluding tert-OH is 1. The molecule has 0 saturated heterocycles. The predicted octanol–water partition coefficient (Wildman–Crippen LogP) is 1.45. The highest BCUT2D eigenvalue weighted by Crippen LogP contribution is 2.15. The smallest absolute Gasteiger partial charge is 0.211 e. The van der Waals surface area contributed by atoms with E-state index in [2.05, 4.69) is 5.11 Å². The van der Waals surface area contributed by atoms with Gasteiger partial charge < -0.3 is 10.2 Å². The first-order valence-electron chi connectivity index (χ1n) is 3.55. The average Bonchev–Trinajstić information content (AvgIpc) is 2.05. The lowest BCUT2D eigenvalue weighted by Gasteiger charge is -2.02. The average molecular weight is 139 g/mol. The van der Waals surface area contributed by atoms with Gasteiger partial charge in [-0.2, -0.15) is 0 Å². The van der Waals surface area contributed by atoms with E-state index in [-0.39, 0.29) is 11.9 Å². The molecule has 0 aromatic heterocycles. The van der Waals surface area contributed by atoms with E-state index in [1.807, 2.05) is 0 Å². The molecule has 1 atom stereocenters. The Bertz CT molecular complexity index is 220. The first-order chi connectivity index (χ1) is 5.24. The highest BCUT2D eigenvalue weighted by atomic mass is 16.3. The van der Waals surface area contributed by atoms with Gasteiger partial charge in [-0.3, -0.25) is 0 Å². The van der Waals surface area contributed by atoms with Crippen LogP contribution in [0, 0.1) is 0 Å². The van der Waals surface area contributed by atoms with Crippen molar-refractivity contribution < 1.29 is 10.2 Å². The van der Waals surface area contributed by atoms with E-state index in [1.165, 1.54) is 0 Å². The first-order valence-corrected chi connectivity index (χ1v) is 3.15. The minimum atomic E-state index is -0.240. The molecule has 0 aliphatic rings. The monoisotopic (exact) mass is 139 g/mol. The van der Waals surface area contributed by atoms with E-state index >= 15 is 0 Å². The van der Waals surface area contributed by atoms with Crippen molar-refractivity contribution in [1.82, 2.24) is 0 Å². The number of hydrogen-bond donors (Lipinski definition) is 2. The van der Waals surface area contributed by atoms with Gasteiger partial charge in [-0.25, -0.2) is 0 Å². The highest BCUT2D eigenvalue weighted by molar-refractivity contribution is 5.26. The van der Waals surface area contributed by atoms with Crippen LogP contribution in [0.5, 0.6) is 5.75 Å². The minimum Gasteiger partial charge on any atom is -0.508 e. The van der Waals surface area contributed by atoms with Crippen LogP contribution in [0.3, 0.4) is 0 Å². The SMILES string of the molecule is [2H]OC(C)c1ccc(O)cc1. The van der Waals surface area contributed by atoms with Gasteiger partial charge in [-0.15, -0.1) is 0 Å². The Morgan fingerprint density at radius 3 is 2.50 bits per heavy atom. The molecule has 2 nitrogen and oxygen atoms in total. The molecule has 0 saturated carbocycles. The molecule has 0 radical (unpaired) electrons. The van der Waals surface area contributed by atoms with Gasteiger partial charge in [-0.1, -0.05) is 12.1 Å². The summed E-state index contributed by atoms with van der Waals surface area (Å²) in [4.78, 5) is 0. The third-order valence-electron chi connectivity index (χ3n) is 1.36. The first kappa shape index (κ1) is 5.74. The molecule has 0 aliphatic carbocycles. The zero-order valence-electron chi connectivity index (χ0n) is 6.74. The summed E-state index contributed by atoms with van der Waals surface area (Å²) in [7, 11) is 0. The molecule has 0 heterocycles. The van der Waals surface area contributed by atoms with Gasteiger partial charge in [0.1, 0.15) is 5.75 Å². The number of hydrogen-bond acceptors (Lipinski definition) is 2. The Morgan fingerprint density at radius 1 is 1.40 bits per heavy atom. The van der Waals surface area contributed by atoms with E-state index < -0.39 is 0 Å². The van der Waals surface area contributed by atoms with Crippen LogP contribution >= 0.6 is 0 Å². The standard InChI is InChI=1S/C8H10O2/c1-6(9)7-2-4-8(10)5-3-7/h2-6,9-10H,1H3/i9D. The fourth-order valence-electron chi connectivity index (χ4n) is 0.745. The van der Waals surface area contributed by atoms with Crippen molar-refractivity contribution in [2.24, 2.45) is 0 Å². The lowest BCUT2D eigenvalue weighted by Crippen LogP contribution is -1.88. The number of aromatic hydroxyl groups is 1. The van der Waals surface area contributed by atoms with E-state index in [0.717, 1.165) is 5.56 Å². The second-order valence-electron chi connectivity index (χ2n) is 2.23. The molecule has 0 aliphatic heterocycles. The van der Waals surface area contributed by atoms with Crippen molar-refractivity contribution >= 4 is 0 Å². The van der Waals surface area contributed by atoms with Gasteiger partial charge in [0.15, 0.2) is 0 Å². The third-order valence-corrected chi connectivity index (χ3v) is 1.36. The molecule has 0 bridgehead atoms. The molecule has 1 rings (SSSR count). The van der Waals surface area contributed by atoms with Gasteiger partial charge in [0.25, 0.3) is 0 Å². The van der Waals surface area contributed by atoms with Gasteiger partial charge in [0.05, 0.1) is 6.10 Å². The molecule has 10 heavy (non-hydrogen) atoms. The molecule has 54 valence electrons. The Balaban J connectivity index is 2.81. The summed E-state index contributed by atoms with van der Waals surface area (Å²) in [6.45, 7) is 1.78. The highest BCUT2D eigenvalue weighted by Gasteiger charge is 1.97. The Kier molecular flexibility index (Phi) is 1.56. The van der Waals surface area contributed by atoms with E-state index in [4.69, 9.17) is 6.54 Å². The van der Waals surface area contributed by atoms with Crippen molar-refractivity contribution in [1.29, 1.82) is 1.43 Å². The summed E-state index contributed by atoms with van der Waals surface area (Å²) in [5.74, 6) is 0.228. The Hall–Kier alpha value is -1.02. The molecule has 0 amide bonds. The van der Waals surface area contributed by atoms with E-state index in [0.29, 0.717) is 0 Å². The molecule has 1 aromatic rings. The summed E-state index contributed by atoms with van der Waals surface area (Å²) >= 11 is 0. The van der Waals surface area contributed by atoms with Crippen LogP contribution in [0.4, 0.5) is 0 Å². The van der Waals surface area contributed by atoms with Crippen molar-refractivity contribution in [2.45, 2.75) is 13.0 Å². The molecule has 0 fully saturated rings. The quantitative estimate of drug-likeness (QED) is 0.651. The summed E-state index contributed by atoms with van der Waals surface area (Å²) in [5.41, 5.74) is 0.887. The topological polar surface area (TPSA) is 40.5 Å². The second-order valence-corrected chi connectivity index (χ2v) is 2.23. The van der Waals surface area contributed by atoms with Crippen molar-refractivity contribution in [3.63, 3.8) is 0 Å².